The minimum atomic E-state index is -0.549. The summed E-state index contributed by atoms with van der Waals surface area (Å²) in [4.78, 5) is 11.1. The molecule has 2 aliphatic rings. The molecule has 2 aliphatic heterocycles. The topological polar surface area (TPSA) is 73.6 Å². The predicted molar refractivity (Wildman–Crippen MR) is 54.0 cm³/mol. The molecule has 4 unspecified atom stereocenters. The third-order valence-corrected chi connectivity index (χ3v) is 3.12. The molecule has 0 radical (unpaired) electrons. The van der Waals surface area contributed by atoms with Crippen LogP contribution in [-0.2, 0) is 14.3 Å². The van der Waals surface area contributed by atoms with Crippen molar-refractivity contribution in [1.29, 1.82) is 0 Å². The number of carbonyl (C=O) groups is 1. The van der Waals surface area contributed by atoms with E-state index in [-0.39, 0.29) is 30.1 Å². The summed E-state index contributed by atoms with van der Waals surface area (Å²) in [6.07, 6.45) is -0.0331. The molecule has 0 saturated carbocycles. The number of nitrogens with two attached hydrogens (primary N) is 1. The van der Waals surface area contributed by atoms with E-state index >= 15 is 0 Å². The first-order valence-electron chi connectivity index (χ1n) is 5.29. The molecule has 86 valence electrons. The number of hydrogen-bond acceptors (Lipinski definition) is 4. The van der Waals surface area contributed by atoms with E-state index in [4.69, 9.17) is 15.2 Å². The summed E-state index contributed by atoms with van der Waals surface area (Å²) in [5.41, 5.74) is 5.29. The van der Waals surface area contributed by atoms with Gasteiger partial charge in [0.1, 0.15) is 12.2 Å². The van der Waals surface area contributed by atoms with Crippen LogP contribution in [0.4, 0.5) is 0 Å². The lowest BCUT2D eigenvalue weighted by molar-refractivity contribution is -0.155. The SMILES string of the molecule is CC(C(N)=O)C1NCC2OC(C)(C)OC21. The molecule has 2 saturated heterocycles. The van der Waals surface area contributed by atoms with Crippen LogP contribution in [0.25, 0.3) is 0 Å². The molecular weight excluding hydrogens is 196 g/mol. The van der Waals surface area contributed by atoms with Crippen molar-refractivity contribution >= 4 is 5.91 Å². The summed E-state index contributed by atoms with van der Waals surface area (Å²) in [5, 5.41) is 3.23. The van der Waals surface area contributed by atoms with Crippen LogP contribution in [0.3, 0.4) is 0 Å². The van der Waals surface area contributed by atoms with E-state index in [0.29, 0.717) is 0 Å². The number of rotatable bonds is 2. The average Bonchev–Trinajstić information content (AvgIpc) is 2.57. The number of carbonyl (C=O) groups excluding carboxylic acids is 1. The van der Waals surface area contributed by atoms with Crippen molar-refractivity contribution in [2.45, 2.75) is 44.8 Å². The first kappa shape index (κ1) is 10.9. The number of amides is 1. The van der Waals surface area contributed by atoms with Gasteiger partial charge in [-0.05, 0) is 13.8 Å². The van der Waals surface area contributed by atoms with Crippen molar-refractivity contribution in [3.05, 3.63) is 0 Å². The molecule has 0 bridgehead atoms. The third kappa shape index (κ3) is 1.87. The van der Waals surface area contributed by atoms with Crippen LogP contribution in [0.2, 0.25) is 0 Å². The zero-order valence-electron chi connectivity index (χ0n) is 9.32. The molecule has 0 spiro atoms. The van der Waals surface area contributed by atoms with Crippen LogP contribution >= 0.6 is 0 Å². The highest BCUT2D eigenvalue weighted by Gasteiger charge is 2.51. The van der Waals surface area contributed by atoms with E-state index in [2.05, 4.69) is 5.32 Å². The maximum Gasteiger partial charge on any atom is 0.221 e. The Morgan fingerprint density at radius 1 is 1.53 bits per heavy atom. The lowest BCUT2D eigenvalue weighted by atomic mass is 9.97. The van der Waals surface area contributed by atoms with Crippen LogP contribution in [0.1, 0.15) is 20.8 Å². The highest BCUT2D eigenvalue weighted by Crippen LogP contribution is 2.34. The average molecular weight is 214 g/mol. The number of ether oxygens (including phenoxy) is 2. The Hall–Kier alpha value is -0.650. The summed E-state index contributed by atoms with van der Waals surface area (Å²) >= 11 is 0. The molecule has 0 aromatic carbocycles. The zero-order valence-corrected chi connectivity index (χ0v) is 9.32. The lowest BCUT2D eigenvalue weighted by Gasteiger charge is -2.24. The van der Waals surface area contributed by atoms with E-state index in [1.165, 1.54) is 0 Å². The van der Waals surface area contributed by atoms with Gasteiger partial charge in [-0.2, -0.15) is 0 Å². The van der Waals surface area contributed by atoms with Gasteiger partial charge >= 0.3 is 0 Å². The summed E-state index contributed by atoms with van der Waals surface area (Å²) in [7, 11) is 0. The van der Waals surface area contributed by atoms with Crippen LogP contribution < -0.4 is 11.1 Å². The molecule has 2 rings (SSSR count). The molecule has 2 fully saturated rings. The molecule has 0 aliphatic carbocycles. The van der Waals surface area contributed by atoms with Gasteiger partial charge in [0.15, 0.2) is 5.79 Å². The van der Waals surface area contributed by atoms with Crippen molar-refractivity contribution in [1.82, 2.24) is 5.32 Å². The number of fused-ring (bicyclic) bond motifs is 1. The van der Waals surface area contributed by atoms with Crippen LogP contribution in [0, 0.1) is 5.92 Å². The molecule has 5 heteroatoms. The van der Waals surface area contributed by atoms with Gasteiger partial charge in [0.2, 0.25) is 5.91 Å². The van der Waals surface area contributed by atoms with E-state index in [9.17, 15) is 4.79 Å². The van der Waals surface area contributed by atoms with Gasteiger partial charge in [-0.3, -0.25) is 4.79 Å². The fourth-order valence-electron chi connectivity index (χ4n) is 2.33. The highest BCUT2D eigenvalue weighted by atomic mass is 16.8. The fourth-order valence-corrected chi connectivity index (χ4v) is 2.33. The Kier molecular flexibility index (Phi) is 2.48. The smallest absolute Gasteiger partial charge is 0.221 e. The number of hydrogen-bond donors (Lipinski definition) is 2. The Labute approximate surface area is 89.3 Å². The van der Waals surface area contributed by atoms with Crippen molar-refractivity contribution in [2.24, 2.45) is 11.7 Å². The molecule has 2 heterocycles. The lowest BCUT2D eigenvalue weighted by Crippen LogP contribution is -2.45. The Morgan fingerprint density at radius 3 is 2.80 bits per heavy atom. The van der Waals surface area contributed by atoms with Crippen molar-refractivity contribution in [3.8, 4) is 0 Å². The van der Waals surface area contributed by atoms with Gasteiger partial charge in [-0.25, -0.2) is 0 Å². The van der Waals surface area contributed by atoms with E-state index in [1.54, 1.807) is 0 Å². The highest BCUT2D eigenvalue weighted by molar-refractivity contribution is 5.77. The molecule has 3 N–H and O–H groups in total. The molecule has 0 aromatic heterocycles. The Morgan fingerprint density at radius 2 is 2.20 bits per heavy atom. The van der Waals surface area contributed by atoms with E-state index in [0.717, 1.165) is 6.54 Å². The second-order valence-electron chi connectivity index (χ2n) is 4.76. The van der Waals surface area contributed by atoms with Gasteiger partial charge in [-0.1, -0.05) is 6.92 Å². The molecule has 1 amide bonds. The minimum absolute atomic E-state index is 0.0331. The van der Waals surface area contributed by atoms with E-state index < -0.39 is 5.79 Å². The normalized spacial score (nSPS) is 40.1. The first-order valence-corrected chi connectivity index (χ1v) is 5.29. The van der Waals surface area contributed by atoms with Crippen molar-refractivity contribution in [2.75, 3.05) is 6.54 Å². The maximum atomic E-state index is 11.1. The molecular formula is C10H18N2O3. The Balaban J connectivity index is 2.09. The number of primary amides is 1. The zero-order chi connectivity index (χ0) is 11.2. The molecule has 15 heavy (non-hydrogen) atoms. The van der Waals surface area contributed by atoms with Gasteiger partial charge in [0.25, 0.3) is 0 Å². The summed E-state index contributed by atoms with van der Waals surface area (Å²) in [6, 6.07) is -0.0331. The fraction of sp³-hybridized carbons (Fsp3) is 0.900. The molecule has 5 nitrogen and oxygen atoms in total. The minimum Gasteiger partial charge on any atom is -0.369 e. The Bertz CT molecular complexity index is 280. The quantitative estimate of drug-likeness (QED) is 0.656. The van der Waals surface area contributed by atoms with Crippen LogP contribution in [0.5, 0.6) is 0 Å². The predicted octanol–water partition coefficient (Wildman–Crippen LogP) is -0.400. The van der Waals surface area contributed by atoms with Gasteiger partial charge < -0.3 is 20.5 Å². The van der Waals surface area contributed by atoms with Gasteiger partial charge in [0, 0.05) is 12.6 Å². The summed E-state index contributed by atoms with van der Waals surface area (Å²) < 4.78 is 11.5. The van der Waals surface area contributed by atoms with Crippen molar-refractivity contribution in [3.63, 3.8) is 0 Å². The molecule has 4 atom stereocenters. The number of nitrogens with one attached hydrogen (secondary N) is 1. The standard InChI is InChI=1S/C10H18N2O3/c1-5(9(11)13)7-8-6(4-12-7)14-10(2,3)15-8/h5-8,12H,4H2,1-3H3,(H2,11,13). The largest absolute Gasteiger partial charge is 0.369 e. The first-order chi connectivity index (χ1) is 6.91. The van der Waals surface area contributed by atoms with Crippen LogP contribution in [-0.4, -0.2) is 36.5 Å². The monoisotopic (exact) mass is 214 g/mol. The second-order valence-corrected chi connectivity index (χ2v) is 4.76. The van der Waals surface area contributed by atoms with Gasteiger partial charge in [-0.15, -0.1) is 0 Å². The van der Waals surface area contributed by atoms with Gasteiger partial charge in [0.05, 0.1) is 5.92 Å². The van der Waals surface area contributed by atoms with Crippen LogP contribution in [0.15, 0.2) is 0 Å². The van der Waals surface area contributed by atoms with E-state index in [1.807, 2.05) is 20.8 Å². The maximum absolute atomic E-state index is 11.1. The van der Waals surface area contributed by atoms with Crippen molar-refractivity contribution < 1.29 is 14.3 Å². The second kappa shape index (κ2) is 3.43. The summed E-state index contributed by atoms with van der Waals surface area (Å²) in [6.45, 7) is 6.31. The third-order valence-electron chi connectivity index (χ3n) is 3.12. The summed E-state index contributed by atoms with van der Waals surface area (Å²) in [5.74, 6) is -1.09. The molecule has 0 aromatic rings.